The van der Waals surface area contributed by atoms with Crippen LogP contribution >= 0.6 is 11.8 Å². The number of aliphatic imine (C=N–C) groups is 1. The van der Waals surface area contributed by atoms with Gasteiger partial charge in [0.25, 0.3) is 0 Å². The maximum absolute atomic E-state index is 11.4. The minimum Gasteiger partial charge on any atom is -0.355 e. The third-order valence-corrected chi connectivity index (χ3v) is 4.94. The lowest BCUT2D eigenvalue weighted by Crippen LogP contribution is -2.46. The fraction of sp³-hybridized carbons (Fsp3) is 0.769. The van der Waals surface area contributed by atoms with E-state index >= 15 is 0 Å². The fourth-order valence-corrected chi connectivity index (χ4v) is 3.44. The molecular formula is C13H23N5O2S. The van der Waals surface area contributed by atoms with Gasteiger partial charge in [-0.05, 0) is 25.5 Å². The highest BCUT2D eigenvalue weighted by atomic mass is 32.2. The summed E-state index contributed by atoms with van der Waals surface area (Å²) in [4.78, 5) is 28.3. The summed E-state index contributed by atoms with van der Waals surface area (Å²) in [5.41, 5.74) is 0. The Morgan fingerprint density at radius 1 is 1.48 bits per heavy atom. The van der Waals surface area contributed by atoms with Crippen LogP contribution in [-0.2, 0) is 4.79 Å². The van der Waals surface area contributed by atoms with E-state index in [1.807, 2.05) is 11.8 Å². The fourth-order valence-electron chi connectivity index (χ4n) is 2.64. The molecule has 0 bridgehead atoms. The molecule has 0 aromatic rings. The number of nitrogens with zero attached hydrogens (tertiary/aromatic N) is 2. The molecule has 8 heteroatoms. The number of imide groups is 1. The third-order valence-electron chi connectivity index (χ3n) is 3.85. The quantitative estimate of drug-likeness (QED) is 0.377. The largest absolute Gasteiger partial charge is 0.355 e. The number of guanidine groups is 1. The smallest absolute Gasteiger partial charge is 0.324 e. The van der Waals surface area contributed by atoms with Crippen molar-refractivity contribution >= 4 is 29.7 Å². The van der Waals surface area contributed by atoms with Crippen LogP contribution < -0.4 is 16.0 Å². The first-order valence-electron chi connectivity index (χ1n) is 7.22. The van der Waals surface area contributed by atoms with E-state index in [1.165, 1.54) is 11.3 Å². The molecule has 0 aromatic heterocycles. The first-order valence-corrected chi connectivity index (χ1v) is 8.51. The molecule has 1 aliphatic heterocycles. The number of urea groups is 1. The number of hydrogen-bond donors (Lipinski definition) is 3. The molecule has 1 heterocycles. The van der Waals surface area contributed by atoms with Crippen molar-refractivity contribution < 1.29 is 9.59 Å². The minimum atomic E-state index is -0.316. The lowest BCUT2D eigenvalue weighted by molar-refractivity contribution is -0.124. The van der Waals surface area contributed by atoms with Crippen molar-refractivity contribution in [1.29, 1.82) is 0 Å². The van der Waals surface area contributed by atoms with Crippen LogP contribution in [0.1, 0.15) is 19.3 Å². The highest BCUT2D eigenvalue weighted by molar-refractivity contribution is 7.99. The molecule has 2 atom stereocenters. The molecule has 0 radical (unpaired) electrons. The molecule has 0 aromatic carbocycles. The van der Waals surface area contributed by atoms with Crippen LogP contribution in [0, 0.1) is 0 Å². The zero-order valence-electron chi connectivity index (χ0n) is 12.5. The maximum atomic E-state index is 11.4. The number of thioether (sulfide) groups is 1. The minimum absolute atomic E-state index is 0.101. The van der Waals surface area contributed by atoms with Crippen molar-refractivity contribution in [3.05, 3.63) is 0 Å². The van der Waals surface area contributed by atoms with Gasteiger partial charge in [0.15, 0.2) is 5.96 Å². The second kappa shape index (κ2) is 7.53. The Balaban J connectivity index is 1.71. The van der Waals surface area contributed by atoms with E-state index in [1.54, 1.807) is 7.05 Å². The lowest BCUT2D eigenvalue weighted by Gasteiger charge is -2.18. The van der Waals surface area contributed by atoms with Gasteiger partial charge in [-0.15, -0.1) is 0 Å². The number of hydrogen-bond acceptors (Lipinski definition) is 4. The predicted molar refractivity (Wildman–Crippen MR) is 84.6 cm³/mol. The van der Waals surface area contributed by atoms with E-state index in [4.69, 9.17) is 0 Å². The predicted octanol–water partition coefficient (Wildman–Crippen LogP) is -0.0127. The zero-order chi connectivity index (χ0) is 15.2. The van der Waals surface area contributed by atoms with Gasteiger partial charge in [-0.25, -0.2) is 4.79 Å². The van der Waals surface area contributed by atoms with Crippen LogP contribution in [0.3, 0.4) is 0 Å². The Kier molecular flexibility index (Phi) is 5.72. The van der Waals surface area contributed by atoms with Gasteiger partial charge in [0.1, 0.15) is 0 Å². The van der Waals surface area contributed by atoms with Crippen LogP contribution in [0.2, 0.25) is 0 Å². The van der Waals surface area contributed by atoms with Crippen LogP contribution in [0.25, 0.3) is 0 Å². The number of carbonyl (C=O) groups is 2. The Labute approximate surface area is 129 Å². The number of nitrogens with one attached hydrogen (secondary N) is 3. The van der Waals surface area contributed by atoms with Crippen molar-refractivity contribution in [3.8, 4) is 0 Å². The summed E-state index contributed by atoms with van der Waals surface area (Å²) < 4.78 is 0. The van der Waals surface area contributed by atoms with E-state index in [9.17, 15) is 9.59 Å². The molecule has 1 aliphatic carbocycles. The summed E-state index contributed by atoms with van der Waals surface area (Å²) in [6.07, 6.45) is 5.69. The summed E-state index contributed by atoms with van der Waals surface area (Å²) in [6.45, 7) is 0.949. The molecule has 1 saturated carbocycles. The molecule has 1 saturated heterocycles. The summed E-state index contributed by atoms with van der Waals surface area (Å²) >= 11 is 1.92. The van der Waals surface area contributed by atoms with Crippen molar-refractivity contribution in [2.24, 2.45) is 4.99 Å². The highest BCUT2D eigenvalue weighted by Gasteiger charge is 2.28. The Morgan fingerprint density at radius 2 is 2.29 bits per heavy atom. The monoisotopic (exact) mass is 313 g/mol. The molecule has 3 amide bonds. The number of rotatable bonds is 5. The third kappa shape index (κ3) is 4.26. The molecule has 7 nitrogen and oxygen atoms in total. The van der Waals surface area contributed by atoms with E-state index in [0.29, 0.717) is 19.1 Å². The lowest BCUT2D eigenvalue weighted by atomic mass is 10.2. The molecule has 2 rings (SSSR count). The van der Waals surface area contributed by atoms with Crippen LogP contribution in [0.4, 0.5) is 4.79 Å². The maximum Gasteiger partial charge on any atom is 0.324 e. The van der Waals surface area contributed by atoms with Gasteiger partial charge in [0.05, 0.1) is 6.54 Å². The van der Waals surface area contributed by atoms with Gasteiger partial charge < -0.3 is 16.0 Å². The Hall–Kier alpha value is -1.44. The first kappa shape index (κ1) is 15.9. The summed E-state index contributed by atoms with van der Waals surface area (Å²) in [5.74, 6) is 0.553. The summed E-state index contributed by atoms with van der Waals surface area (Å²) in [6, 6.07) is 0.133. The summed E-state index contributed by atoms with van der Waals surface area (Å²) in [5, 5.41) is 9.79. The second-order valence-corrected chi connectivity index (χ2v) is 6.35. The van der Waals surface area contributed by atoms with Gasteiger partial charge in [-0.2, -0.15) is 11.8 Å². The van der Waals surface area contributed by atoms with Gasteiger partial charge in [-0.1, -0.05) is 0 Å². The van der Waals surface area contributed by atoms with Crippen molar-refractivity contribution in [3.63, 3.8) is 0 Å². The molecule has 2 aliphatic rings. The van der Waals surface area contributed by atoms with Crippen LogP contribution in [0.5, 0.6) is 0 Å². The first-order chi connectivity index (χ1) is 10.1. The van der Waals surface area contributed by atoms with E-state index in [2.05, 4.69) is 27.2 Å². The number of carbonyl (C=O) groups excluding carboxylic acids is 2. The van der Waals surface area contributed by atoms with Gasteiger partial charge in [-0.3, -0.25) is 14.7 Å². The summed E-state index contributed by atoms with van der Waals surface area (Å²) in [7, 11) is 1.73. The normalized spacial score (nSPS) is 26.2. The molecule has 21 heavy (non-hydrogen) atoms. The van der Waals surface area contributed by atoms with Gasteiger partial charge in [0.2, 0.25) is 5.91 Å². The van der Waals surface area contributed by atoms with Crippen molar-refractivity contribution in [2.45, 2.75) is 30.6 Å². The highest BCUT2D eigenvalue weighted by Crippen LogP contribution is 2.27. The Morgan fingerprint density at radius 3 is 2.86 bits per heavy atom. The van der Waals surface area contributed by atoms with Gasteiger partial charge >= 0.3 is 6.03 Å². The molecule has 118 valence electrons. The molecule has 3 N–H and O–H groups in total. The molecule has 2 fully saturated rings. The van der Waals surface area contributed by atoms with E-state index in [0.717, 1.165) is 24.1 Å². The van der Waals surface area contributed by atoms with Crippen molar-refractivity contribution in [2.75, 3.05) is 32.9 Å². The van der Waals surface area contributed by atoms with Crippen LogP contribution in [-0.4, -0.2) is 67.0 Å². The average molecular weight is 313 g/mol. The molecule has 0 spiro atoms. The van der Waals surface area contributed by atoms with E-state index < -0.39 is 0 Å². The van der Waals surface area contributed by atoms with Crippen molar-refractivity contribution in [1.82, 2.24) is 20.9 Å². The molecular weight excluding hydrogens is 290 g/mol. The second-order valence-electron chi connectivity index (χ2n) is 5.22. The topological polar surface area (TPSA) is 85.8 Å². The van der Waals surface area contributed by atoms with Crippen LogP contribution in [0.15, 0.2) is 4.99 Å². The van der Waals surface area contributed by atoms with Gasteiger partial charge in [0, 0.05) is 31.4 Å². The van der Waals surface area contributed by atoms with E-state index in [-0.39, 0.29) is 18.5 Å². The SMILES string of the molecule is CN=C(NCCN1C(=O)CNC1=O)NC1CCC(SC)C1. The Bertz CT molecular complexity index is 413. The standard InChI is InChI=1S/C13H23N5O2S/c1-14-12(17-9-3-4-10(7-9)21-2)15-5-6-18-11(19)8-16-13(18)20/h9-10H,3-8H2,1-2H3,(H,16,20)(H2,14,15,17). The number of amides is 3. The average Bonchev–Trinajstić information content (AvgIpc) is 3.06. The molecule has 2 unspecified atom stereocenters. The zero-order valence-corrected chi connectivity index (χ0v) is 13.3.